The number of piperidine rings is 1. The Balaban J connectivity index is 1.83. The van der Waals surface area contributed by atoms with Crippen molar-refractivity contribution in [3.05, 3.63) is 35.4 Å². The molecule has 0 amide bonds. The van der Waals surface area contributed by atoms with E-state index in [2.05, 4.69) is 17.9 Å². The Bertz CT molecular complexity index is 394. The number of likely N-dealkylation sites (tertiary alicyclic amines) is 1. The lowest BCUT2D eigenvalue weighted by Gasteiger charge is -2.32. The van der Waals surface area contributed by atoms with E-state index in [0.29, 0.717) is 6.10 Å². The highest BCUT2D eigenvalue weighted by molar-refractivity contribution is 5.27. The Labute approximate surface area is 116 Å². The van der Waals surface area contributed by atoms with Crippen LogP contribution in [0, 0.1) is 6.92 Å². The summed E-state index contributed by atoms with van der Waals surface area (Å²) in [5.74, 6) is 0. The lowest BCUT2D eigenvalue weighted by atomic mass is 10.0. The molecule has 1 N–H and O–H groups in total. The molecule has 0 bridgehead atoms. The van der Waals surface area contributed by atoms with Gasteiger partial charge in [-0.1, -0.05) is 24.3 Å². The predicted octanol–water partition coefficient (Wildman–Crippen LogP) is 2.53. The van der Waals surface area contributed by atoms with E-state index in [9.17, 15) is 5.11 Å². The molecule has 0 aliphatic carbocycles. The molecule has 2 unspecified atom stereocenters. The largest absolute Gasteiger partial charge is 0.388 e. The van der Waals surface area contributed by atoms with Crippen LogP contribution in [-0.4, -0.2) is 42.9 Å². The van der Waals surface area contributed by atoms with Crippen molar-refractivity contribution in [3.63, 3.8) is 0 Å². The number of ether oxygens (including phenoxy) is 1. The van der Waals surface area contributed by atoms with Crippen molar-refractivity contribution in [1.82, 2.24) is 4.90 Å². The second kappa shape index (κ2) is 7.04. The zero-order valence-electron chi connectivity index (χ0n) is 12.0. The van der Waals surface area contributed by atoms with Crippen LogP contribution in [0.4, 0.5) is 0 Å². The third-order valence-corrected chi connectivity index (χ3v) is 4.06. The Morgan fingerprint density at radius 3 is 2.95 bits per heavy atom. The highest BCUT2D eigenvalue weighted by atomic mass is 16.5. The number of rotatable bonds is 5. The van der Waals surface area contributed by atoms with Crippen molar-refractivity contribution in [2.24, 2.45) is 0 Å². The zero-order valence-corrected chi connectivity index (χ0v) is 12.0. The zero-order chi connectivity index (χ0) is 13.7. The van der Waals surface area contributed by atoms with Gasteiger partial charge in [0.15, 0.2) is 0 Å². The first-order chi connectivity index (χ1) is 9.20. The van der Waals surface area contributed by atoms with Gasteiger partial charge in [-0.2, -0.15) is 0 Å². The number of aliphatic hydroxyl groups excluding tert-OH is 1. The van der Waals surface area contributed by atoms with Crippen LogP contribution in [0.3, 0.4) is 0 Å². The summed E-state index contributed by atoms with van der Waals surface area (Å²) in [7, 11) is 1.79. The first-order valence-electron chi connectivity index (χ1n) is 7.19. The molecule has 1 aliphatic rings. The molecule has 19 heavy (non-hydrogen) atoms. The molecule has 1 aromatic carbocycles. The number of benzene rings is 1. The van der Waals surface area contributed by atoms with E-state index >= 15 is 0 Å². The van der Waals surface area contributed by atoms with E-state index in [1.165, 1.54) is 12.0 Å². The highest BCUT2D eigenvalue weighted by Crippen LogP contribution is 2.21. The third kappa shape index (κ3) is 4.03. The van der Waals surface area contributed by atoms with Gasteiger partial charge in [0.05, 0.1) is 12.2 Å². The van der Waals surface area contributed by atoms with Crippen molar-refractivity contribution >= 4 is 0 Å². The van der Waals surface area contributed by atoms with Gasteiger partial charge in [-0.25, -0.2) is 0 Å². The first kappa shape index (κ1) is 14.5. The van der Waals surface area contributed by atoms with E-state index in [4.69, 9.17) is 4.74 Å². The minimum atomic E-state index is -0.357. The van der Waals surface area contributed by atoms with Gasteiger partial charge >= 0.3 is 0 Å². The third-order valence-electron chi connectivity index (χ3n) is 4.06. The van der Waals surface area contributed by atoms with Crippen molar-refractivity contribution in [3.8, 4) is 0 Å². The average Bonchev–Trinajstić information content (AvgIpc) is 2.45. The molecule has 1 saturated heterocycles. The summed E-state index contributed by atoms with van der Waals surface area (Å²) in [6.07, 6.45) is 3.15. The first-order valence-corrected chi connectivity index (χ1v) is 7.19. The van der Waals surface area contributed by atoms with Crippen molar-refractivity contribution in [2.45, 2.75) is 38.4 Å². The number of aliphatic hydroxyl groups is 1. The minimum absolute atomic E-state index is 0.357. The molecule has 3 nitrogen and oxygen atoms in total. The summed E-state index contributed by atoms with van der Waals surface area (Å²) in [6.45, 7) is 5.12. The smallest absolute Gasteiger partial charge is 0.0804 e. The molecule has 1 fully saturated rings. The topological polar surface area (TPSA) is 32.7 Å². The second-order valence-electron chi connectivity index (χ2n) is 5.46. The summed E-state index contributed by atoms with van der Waals surface area (Å²) >= 11 is 0. The molecule has 106 valence electrons. The van der Waals surface area contributed by atoms with Crippen LogP contribution in [-0.2, 0) is 4.74 Å². The summed E-state index contributed by atoms with van der Waals surface area (Å²) < 4.78 is 5.43. The van der Waals surface area contributed by atoms with Gasteiger partial charge in [-0.3, -0.25) is 0 Å². The Hall–Kier alpha value is -0.900. The molecule has 1 aromatic rings. The van der Waals surface area contributed by atoms with Gasteiger partial charge in [0.25, 0.3) is 0 Å². The maximum atomic E-state index is 10.3. The molecule has 0 spiro atoms. The fraction of sp³-hybridized carbons (Fsp3) is 0.625. The molecular weight excluding hydrogens is 238 g/mol. The molecule has 2 atom stereocenters. The quantitative estimate of drug-likeness (QED) is 0.886. The minimum Gasteiger partial charge on any atom is -0.388 e. The van der Waals surface area contributed by atoms with E-state index < -0.39 is 0 Å². The Kier molecular flexibility index (Phi) is 5.37. The number of hydrogen-bond acceptors (Lipinski definition) is 3. The fourth-order valence-corrected chi connectivity index (χ4v) is 2.83. The lowest BCUT2D eigenvalue weighted by molar-refractivity contribution is 0.0255. The average molecular weight is 263 g/mol. The van der Waals surface area contributed by atoms with Crippen LogP contribution < -0.4 is 0 Å². The van der Waals surface area contributed by atoms with Crippen LogP contribution in [0.25, 0.3) is 0 Å². The second-order valence-corrected chi connectivity index (χ2v) is 5.46. The monoisotopic (exact) mass is 263 g/mol. The van der Waals surface area contributed by atoms with Gasteiger partial charge in [-0.05, 0) is 43.9 Å². The van der Waals surface area contributed by atoms with Crippen LogP contribution in [0.5, 0.6) is 0 Å². The van der Waals surface area contributed by atoms with Crippen molar-refractivity contribution < 1.29 is 9.84 Å². The van der Waals surface area contributed by atoms with E-state index in [0.717, 1.165) is 38.0 Å². The number of hydrogen-bond donors (Lipinski definition) is 1. The molecule has 0 saturated carbocycles. The molecule has 1 aliphatic heterocycles. The molecular formula is C16H25NO2. The SMILES string of the molecule is COC1CCCN(CCC(O)c2ccccc2C)C1. The summed E-state index contributed by atoms with van der Waals surface area (Å²) in [6, 6.07) is 8.08. The molecule has 3 heteroatoms. The maximum absolute atomic E-state index is 10.3. The standard InChI is InChI=1S/C16H25NO2/c1-13-6-3-4-8-15(13)16(18)9-11-17-10-5-7-14(12-17)19-2/h3-4,6,8,14,16,18H,5,7,9-12H2,1-2H3. The predicted molar refractivity (Wildman–Crippen MR) is 77.2 cm³/mol. The Morgan fingerprint density at radius 2 is 2.21 bits per heavy atom. The molecule has 2 rings (SSSR count). The van der Waals surface area contributed by atoms with Crippen molar-refractivity contribution in [1.29, 1.82) is 0 Å². The van der Waals surface area contributed by atoms with Gasteiger partial charge < -0.3 is 14.7 Å². The van der Waals surface area contributed by atoms with Crippen LogP contribution in [0.2, 0.25) is 0 Å². The number of nitrogens with zero attached hydrogens (tertiary/aromatic N) is 1. The van der Waals surface area contributed by atoms with E-state index in [1.54, 1.807) is 7.11 Å². The molecule has 0 aromatic heterocycles. The van der Waals surface area contributed by atoms with Gasteiger partial charge in [-0.15, -0.1) is 0 Å². The summed E-state index contributed by atoms with van der Waals surface area (Å²) in [4.78, 5) is 2.40. The van der Waals surface area contributed by atoms with E-state index in [-0.39, 0.29) is 6.10 Å². The van der Waals surface area contributed by atoms with Gasteiger partial charge in [0.2, 0.25) is 0 Å². The van der Waals surface area contributed by atoms with Crippen LogP contribution in [0.1, 0.15) is 36.5 Å². The summed E-state index contributed by atoms with van der Waals surface area (Å²) in [5.41, 5.74) is 2.23. The molecule has 1 heterocycles. The van der Waals surface area contributed by atoms with Crippen molar-refractivity contribution in [2.75, 3.05) is 26.7 Å². The van der Waals surface area contributed by atoms with Crippen LogP contribution in [0.15, 0.2) is 24.3 Å². The fourth-order valence-electron chi connectivity index (χ4n) is 2.83. The Morgan fingerprint density at radius 1 is 1.42 bits per heavy atom. The molecule has 0 radical (unpaired) electrons. The number of aryl methyl sites for hydroxylation is 1. The van der Waals surface area contributed by atoms with Crippen LogP contribution >= 0.6 is 0 Å². The maximum Gasteiger partial charge on any atom is 0.0804 e. The van der Waals surface area contributed by atoms with E-state index in [1.807, 2.05) is 18.2 Å². The number of methoxy groups -OCH3 is 1. The summed E-state index contributed by atoms with van der Waals surface area (Å²) in [5, 5.41) is 10.3. The highest BCUT2D eigenvalue weighted by Gasteiger charge is 2.20. The normalized spacial score (nSPS) is 22.4. The lowest BCUT2D eigenvalue weighted by Crippen LogP contribution is -2.40. The van der Waals surface area contributed by atoms with Gasteiger partial charge in [0.1, 0.15) is 0 Å². The van der Waals surface area contributed by atoms with Gasteiger partial charge in [0, 0.05) is 20.2 Å².